The van der Waals surface area contributed by atoms with E-state index in [0.29, 0.717) is 58.4 Å². The summed E-state index contributed by atoms with van der Waals surface area (Å²) in [7, 11) is 1.24. The number of hydrogen-bond acceptors (Lipinski definition) is 10. The lowest BCUT2D eigenvalue weighted by atomic mass is 10.0. The first-order valence-electron chi connectivity index (χ1n) is 11.2. The van der Waals surface area contributed by atoms with E-state index in [1.807, 2.05) is 0 Å². The topological polar surface area (TPSA) is 161 Å². The van der Waals surface area contributed by atoms with Crippen LogP contribution < -0.4 is 32.3 Å². The molecule has 12 nitrogen and oxygen atoms in total. The highest BCUT2D eigenvalue weighted by molar-refractivity contribution is 6.36. The van der Waals surface area contributed by atoms with Crippen molar-refractivity contribution in [2.24, 2.45) is 0 Å². The number of benzene rings is 1. The second-order valence-electron chi connectivity index (χ2n) is 8.64. The van der Waals surface area contributed by atoms with Crippen molar-refractivity contribution < 1.29 is 13.9 Å². The van der Waals surface area contributed by atoms with Gasteiger partial charge in [0.1, 0.15) is 12.0 Å². The molecule has 35 heavy (non-hydrogen) atoms. The molecule has 14 heteroatoms. The normalized spacial score (nSPS) is 20.0. The van der Waals surface area contributed by atoms with E-state index >= 15 is 0 Å². The molecule has 1 amide bonds. The second-order valence-corrected chi connectivity index (χ2v) is 9.02. The highest BCUT2D eigenvalue weighted by Crippen LogP contribution is 2.38. The predicted molar refractivity (Wildman–Crippen MR) is 132 cm³/mol. The molecule has 7 N–H and O–H groups in total. The fourth-order valence-electron chi connectivity index (χ4n) is 4.04. The molecule has 5 rings (SSSR count). The lowest BCUT2D eigenvalue weighted by molar-refractivity contribution is 0.150. The van der Waals surface area contributed by atoms with Crippen LogP contribution in [0.2, 0.25) is 5.02 Å². The van der Waals surface area contributed by atoms with Crippen LogP contribution >= 0.6 is 11.6 Å². The molecule has 0 bridgehead atoms. The van der Waals surface area contributed by atoms with Crippen LogP contribution in [0.25, 0.3) is 5.65 Å². The van der Waals surface area contributed by atoms with Gasteiger partial charge in [-0.15, -0.1) is 5.10 Å². The Morgan fingerprint density at radius 3 is 2.80 bits per heavy atom. The van der Waals surface area contributed by atoms with Gasteiger partial charge in [-0.3, -0.25) is 0 Å². The van der Waals surface area contributed by atoms with E-state index < -0.39 is 18.3 Å². The minimum atomic E-state index is -1.32. The zero-order valence-corrected chi connectivity index (χ0v) is 19.7. The Balaban J connectivity index is 1.40. The van der Waals surface area contributed by atoms with Crippen molar-refractivity contribution in [3.05, 3.63) is 23.4 Å². The largest absolute Gasteiger partial charge is 0.453 e. The molecule has 2 aromatic heterocycles. The van der Waals surface area contributed by atoms with Crippen molar-refractivity contribution in [1.29, 1.82) is 0 Å². The van der Waals surface area contributed by atoms with Crippen LogP contribution in [0, 0.1) is 0 Å². The van der Waals surface area contributed by atoms with Gasteiger partial charge >= 0.3 is 6.09 Å². The number of amides is 1. The smallest absolute Gasteiger partial charge is 0.407 e. The molecule has 2 aliphatic rings. The molecule has 1 saturated carbocycles. The first-order valence-corrected chi connectivity index (χ1v) is 11.6. The summed E-state index contributed by atoms with van der Waals surface area (Å²) in [4.78, 5) is 22.1. The molecule has 2 fully saturated rings. The molecule has 186 valence electrons. The third-order valence-electron chi connectivity index (χ3n) is 6.00. The highest BCUT2D eigenvalue weighted by atomic mass is 35.5. The quantitative estimate of drug-likeness (QED) is 0.315. The van der Waals surface area contributed by atoms with E-state index in [4.69, 9.17) is 23.1 Å². The SMILES string of the molecule is COC(=O)N[C@@H]1CCN(c2cc(N)cc(Nc3nc(NC4CC4)c4ncc(N)n4n3)c2Cl)C[C@@H]1F. The molecule has 1 aliphatic heterocycles. The Morgan fingerprint density at radius 1 is 1.29 bits per heavy atom. The van der Waals surface area contributed by atoms with E-state index in [9.17, 15) is 9.18 Å². The van der Waals surface area contributed by atoms with Crippen LogP contribution in [0.1, 0.15) is 19.3 Å². The number of rotatable bonds is 6. The average Bonchev–Trinajstić information content (AvgIpc) is 3.57. The first-order chi connectivity index (χ1) is 16.8. The van der Waals surface area contributed by atoms with Gasteiger partial charge in [-0.05, 0) is 31.4 Å². The standard InChI is InChI=1S/C21H26ClFN10O2/c1-35-21(34)29-13-4-5-32(9-12(13)23)15-7-10(24)6-14(17(15)22)28-20-30-18(27-11-2-3-11)19-26-8-16(25)33(19)31-20/h6-8,11-13H,2-5,9,24-25H2,1H3,(H,29,34)(H2,27,28,30,31)/t12-,13+/m0/s1. The lowest BCUT2D eigenvalue weighted by Crippen LogP contribution is -2.52. The summed E-state index contributed by atoms with van der Waals surface area (Å²) in [5, 5.41) is 13.8. The Labute approximate surface area is 205 Å². The van der Waals surface area contributed by atoms with Crippen LogP contribution in [-0.2, 0) is 4.74 Å². The number of ether oxygens (including phenoxy) is 1. The molecule has 2 atom stereocenters. The van der Waals surface area contributed by atoms with Crippen LogP contribution in [0.15, 0.2) is 18.3 Å². The van der Waals surface area contributed by atoms with Crippen LogP contribution in [0.4, 0.5) is 43.8 Å². The van der Waals surface area contributed by atoms with Gasteiger partial charge in [-0.1, -0.05) is 11.6 Å². The molecule has 1 aromatic carbocycles. The molecular weight excluding hydrogens is 479 g/mol. The number of methoxy groups -OCH3 is 1. The number of carbonyl (C=O) groups excluding carboxylic acids is 1. The van der Waals surface area contributed by atoms with Crippen molar-refractivity contribution >= 4 is 58.0 Å². The number of alkyl halides is 1. The van der Waals surface area contributed by atoms with Crippen LogP contribution in [-0.4, -0.2) is 64.1 Å². The fraction of sp³-hybridized carbons (Fsp3) is 0.429. The van der Waals surface area contributed by atoms with E-state index in [0.717, 1.165) is 12.8 Å². The van der Waals surface area contributed by atoms with Gasteiger partial charge in [0.25, 0.3) is 0 Å². The minimum absolute atomic E-state index is 0.0285. The van der Waals surface area contributed by atoms with Crippen molar-refractivity contribution in [3.8, 4) is 0 Å². The second kappa shape index (κ2) is 9.13. The van der Waals surface area contributed by atoms with Crippen molar-refractivity contribution in [3.63, 3.8) is 0 Å². The molecular formula is C21H26ClFN10O2. The molecule has 3 heterocycles. The maximum atomic E-state index is 14.8. The fourth-order valence-corrected chi connectivity index (χ4v) is 4.31. The monoisotopic (exact) mass is 504 g/mol. The van der Waals surface area contributed by atoms with E-state index in [1.165, 1.54) is 17.8 Å². The number of imidazole rings is 1. The van der Waals surface area contributed by atoms with Crippen molar-refractivity contribution in [2.45, 2.75) is 37.5 Å². The highest BCUT2D eigenvalue weighted by Gasteiger charge is 2.32. The Hall–Kier alpha value is -3.74. The number of carbonyl (C=O) groups is 1. The summed E-state index contributed by atoms with van der Waals surface area (Å²) >= 11 is 6.73. The van der Waals surface area contributed by atoms with E-state index in [-0.39, 0.29) is 12.5 Å². The molecule has 1 aliphatic carbocycles. The van der Waals surface area contributed by atoms with E-state index in [1.54, 1.807) is 17.0 Å². The summed E-state index contributed by atoms with van der Waals surface area (Å²) in [5.74, 6) is 1.16. The lowest BCUT2D eigenvalue weighted by Gasteiger charge is -2.36. The number of aromatic nitrogens is 4. The summed E-state index contributed by atoms with van der Waals surface area (Å²) in [6.45, 7) is 0.488. The zero-order valence-electron chi connectivity index (χ0n) is 19.0. The minimum Gasteiger partial charge on any atom is -0.453 e. The maximum Gasteiger partial charge on any atom is 0.407 e. The third-order valence-corrected chi connectivity index (χ3v) is 6.40. The average molecular weight is 505 g/mol. The van der Waals surface area contributed by atoms with Gasteiger partial charge in [0.05, 0.1) is 42.3 Å². The number of hydrogen-bond donors (Lipinski definition) is 5. The Morgan fingerprint density at radius 2 is 2.09 bits per heavy atom. The summed E-state index contributed by atoms with van der Waals surface area (Å²) < 4.78 is 20.9. The number of nitrogens with two attached hydrogens (primary N) is 2. The Kier molecular flexibility index (Phi) is 6.01. The zero-order chi connectivity index (χ0) is 24.7. The van der Waals surface area contributed by atoms with Crippen molar-refractivity contribution in [1.82, 2.24) is 24.9 Å². The van der Waals surface area contributed by atoms with Crippen LogP contribution in [0.3, 0.4) is 0 Å². The number of nitrogens with zero attached hydrogens (tertiary/aromatic N) is 5. The molecule has 3 aromatic rings. The molecule has 0 radical (unpaired) electrons. The predicted octanol–water partition coefficient (Wildman–Crippen LogP) is 2.53. The van der Waals surface area contributed by atoms with Gasteiger partial charge in [0.15, 0.2) is 11.5 Å². The Bertz CT molecular complexity index is 1270. The molecule has 0 spiro atoms. The number of nitrogen functional groups attached to an aromatic ring is 2. The number of fused-ring (bicyclic) bond motifs is 1. The van der Waals surface area contributed by atoms with Gasteiger partial charge in [-0.2, -0.15) is 9.50 Å². The number of halogens is 2. The number of piperidine rings is 1. The van der Waals surface area contributed by atoms with Gasteiger partial charge in [-0.25, -0.2) is 14.2 Å². The summed E-state index contributed by atoms with van der Waals surface area (Å²) in [5.41, 5.74) is 14.2. The van der Waals surface area contributed by atoms with Crippen LogP contribution in [0.5, 0.6) is 0 Å². The number of nitrogens with one attached hydrogen (secondary N) is 3. The number of anilines is 6. The van der Waals surface area contributed by atoms with Crippen molar-refractivity contribution in [2.75, 3.05) is 47.2 Å². The first kappa shape index (κ1) is 23.0. The third kappa shape index (κ3) is 4.76. The van der Waals surface area contributed by atoms with Gasteiger partial charge in [0.2, 0.25) is 5.95 Å². The number of alkyl carbamates (subject to hydrolysis) is 1. The van der Waals surface area contributed by atoms with Gasteiger partial charge in [0, 0.05) is 18.3 Å². The van der Waals surface area contributed by atoms with E-state index in [2.05, 4.69) is 35.8 Å². The van der Waals surface area contributed by atoms with Gasteiger partial charge < -0.3 is 37.1 Å². The summed E-state index contributed by atoms with van der Waals surface area (Å²) in [6, 6.07) is 3.04. The molecule has 0 unspecified atom stereocenters. The maximum absolute atomic E-state index is 14.8. The summed E-state index contributed by atoms with van der Waals surface area (Å²) in [6.07, 6.45) is 2.03. The molecule has 1 saturated heterocycles.